The van der Waals surface area contributed by atoms with E-state index >= 15 is 0 Å². The van der Waals surface area contributed by atoms with Crippen LogP contribution in [0.2, 0.25) is 0 Å². The van der Waals surface area contributed by atoms with E-state index in [0.29, 0.717) is 17.4 Å². The lowest BCUT2D eigenvalue weighted by atomic mass is 10.2. The average molecular weight is 333 g/mol. The van der Waals surface area contributed by atoms with E-state index in [1.54, 1.807) is 24.3 Å². The number of hydrogen-bond acceptors (Lipinski definition) is 2. The van der Waals surface area contributed by atoms with Gasteiger partial charge in [-0.3, -0.25) is 9.36 Å². The van der Waals surface area contributed by atoms with Crippen LogP contribution in [0.4, 0.5) is 4.39 Å². The molecule has 0 spiro atoms. The first-order valence-electron chi connectivity index (χ1n) is 6.02. The topological polar surface area (TPSA) is 34.9 Å². The van der Waals surface area contributed by atoms with Crippen molar-refractivity contribution >= 4 is 26.8 Å². The molecule has 1 heterocycles. The van der Waals surface area contributed by atoms with Crippen molar-refractivity contribution in [3.05, 3.63) is 75.0 Å². The molecule has 0 fully saturated rings. The van der Waals surface area contributed by atoms with Gasteiger partial charge in [-0.2, -0.15) is 0 Å². The van der Waals surface area contributed by atoms with Crippen LogP contribution < -0.4 is 5.56 Å². The highest BCUT2D eigenvalue weighted by Gasteiger charge is 2.05. The molecule has 0 saturated carbocycles. The fraction of sp³-hybridized carbons (Fsp3) is 0.0667. The summed E-state index contributed by atoms with van der Waals surface area (Å²) in [6, 6.07) is 11.5. The van der Waals surface area contributed by atoms with Gasteiger partial charge in [-0.25, -0.2) is 9.37 Å². The predicted octanol–water partition coefficient (Wildman–Crippen LogP) is 3.35. The molecule has 100 valence electrons. The molecule has 1 aromatic heterocycles. The normalized spacial score (nSPS) is 10.9. The maximum atomic E-state index is 12.9. The molecule has 0 radical (unpaired) electrons. The first-order valence-corrected chi connectivity index (χ1v) is 6.82. The van der Waals surface area contributed by atoms with Crippen molar-refractivity contribution in [2.75, 3.05) is 0 Å². The second kappa shape index (κ2) is 5.17. The van der Waals surface area contributed by atoms with Crippen molar-refractivity contribution in [2.45, 2.75) is 6.54 Å². The SMILES string of the molecule is O=c1c2cc(Br)ccc2ncn1Cc1ccc(F)cc1. The maximum Gasteiger partial charge on any atom is 0.261 e. The van der Waals surface area contributed by atoms with Crippen LogP contribution in [-0.4, -0.2) is 9.55 Å². The summed E-state index contributed by atoms with van der Waals surface area (Å²) >= 11 is 3.35. The zero-order valence-electron chi connectivity index (χ0n) is 10.4. The fourth-order valence-electron chi connectivity index (χ4n) is 2.03. The van der Waals surface area contributed by atoms with Crippen molar-refractivity contribution in [1.29, 1.82) is 0 Å². The van der Waals surface area contributed by atoms with Crippen LogP contribution in [0.25, 0.3) is 10.9 Å². The molecule has 0 bridgehead atoms. The third-order valence-corrected chi connectivity index (χ3v) is 3.55. The van der Waals surface area contributed by atoms with E-state index in [1.165, 1.54) is 23.0 Å². The fourth-order valence-corrected chi connectivity index (χ4v) is 2.39. The molecule has 3 aromatic rings. The minimum Gasteiger partial charge on any atom is -0.294 e. The van der Waals surface area contributed by atoms with Gasteiger partial charge in [0.1, 0.15) is 5.82 Å². The van der Waals surface area contributed by atoms with Gasteiger partial charge in [-0.05, 0) is 35.9 Å². The molecule has 5 heteroatoms. The van der Waals surface area contributed by atoms with Crippen LogP contribution in [0.1, 0.15) is 5.56 Å². The molecule has 3 nitrogen and oxygen atoms in total. The van der Waals surface area contributed by atoms with E-state index in [-0.39, 0.29) is 11.4 Å². The smallest absolute Gasteiger partial charge is 0.261 e. The molecule has 0 aliphatic rings. The Balaban J connectivity index is 2.06. The lowest BCUT2D eigenvalue weighted by Gasteiger charge is -2.07. The van der Waals surface area contributed by atoms with E-state index in [2.05, 4.69) is 20.9 Å². The molecule has 0 atom stereocenters. The van der Waals surface area contributed by atoms with Crippen LogP contribution in [0.5, 0.6) is 0 Å². The third-order valence-electron chi connectivity index (χ3n) is 3.05. The zero-order valence-corrected chi connectivity index (χ0v) is 12.0. The molecule has 2 aromatic carbocycles. The third kappa shape index (κ3) is 2.49. The van der Waals surface area contributed by atoms with Crippen LogP contribution in [0.15, 0.2) is 58.1 Å². The highest BCUT2D eigenvalue weighted by molar-refractivity contribution is 9.10. The Morgan fingerprint density at radius 1 is 1.15 bits per heavy atom. The Labute approximate surface area is 122 Å². The molecule has 0 unspecified atom stereocenters. The molecular formula is C15H10BrFN2O. The van der Waals surface area contributed by atoms with Crippen LogP contribution in [0, 0.1) is 5.82 Å². The molecule has 0 saturated heterocycles. The van der Waals surface area contributed by atoms with Crippen molar-refractivity contribution < 1.29 is 4.39 Å². The van der Waals surface area contributed by atoms with E-state index in [4.69, 9.17) is 0 Å². The Kier molecular flexibility index (Phi) is 3.36. The summed E-state index contributed by atoms with van der Waals surface area (Å²) in [5, 5.41) is 0.559. The molecule has 3 rings (SSSR count). The highest BCUT2D eigenvalue weighted by Crippen LogP contribution is 2.15. The van der Waals surface area contributed by atoms with Crippen molar-refractivity contribution in [3.8, 4) is 0 Å². The van der Waals surface area contributed by atoms with Gasteiger partial charge >= 0.3 is 0 Å². The summed E-state index contributed by atoms with van der Waals surface area (Å²) in [4.78, 5) is 16.6. The molecule has 0 aliphatic carbocycles. The minimum atomic E-state index is -0.290. The van der Waals surface area contributed by atoms with Crippen LogP contribution in [0.3, 0.4) is 0 Å². The van der Waals surface area contributed by atoms with Gasteiger partial charge in [0.15, 0.2) is 0 Å². The predicted molar refractivity (Wildman–Crippen MR) is 79.2 cm³/mol. The monoisotopic (exact) mass is 332 g/mol. The van der Waals surface area contributed by atoms with Gasteiger partial charge < -0.3 is 0 Å². The number of fused-ring (bicyclic) bond motifs is 1. The average Bonchev–Trinajstić information content (AvgIpc) is 2.45. The standard InChI is InChI=1S/C15H10BrFN2O/c16-11-3-6-14-13(7-11)15(20)19(9-18-14)8-10-1-4-12(17)5-2-10/h1-7,9H,8H2. The summed E-state index contributed by atoms with van der Waals surface area (Å²) in [5.41, 5.74) is 1.40. The van der Waals surface area contributed by atoms with Crippen molar-refractivity contribution in [1.82, 2.24) is 9.55 Å². The molecule has 0 aliphatic heterocycles. The first kappa shape index (κ1) is 13.0. The van der Waals surface area contributed by atoms with E-state index < -0.39 is 0 Å². The minimum absolute atomic E-state index is 0.111. The van der Waals surface area contributed by atoms with Gasteiger partial charge in [0.2, 0.25) is 0 Å². The number of rotatable bonds is 2. The van der Waals surface area contributed by atoms with Gasteiger partial charge in [-0.15, -0.1) is 0 Å². The highest BCUT2D eigenvalue weighted by atomic mass is 79.9. The quantitative estimate of drug-likeness (QED) is 0.721. The van der Waals surface area contributed by atoms with Crippen LogP contribution >= 0.6 is 15.9 Å². The van der Waals surface area contributed by atoms with Crippen molar-refractivity contribution in [2.24, 2.45) is 0 Å². The maximum absolute atomic E-state index is 12.9. The number of aromatic nitrogens is 2. The van der Waals surface area contributed by atoms with E-state index in [9.17, 15) is 9.18 Å². The van der Waals surface area contributed by atoms with Gasteiger partial charge in [0.25, 0.3) is 5.56 Å². The molecule has 0 N–H and O–H groups in total. The summed E-state index contributed by atoms with van der Waals surface area (Å²) in [5.74, 6) is -0.290. The number of hydrogen-bond donors (Lipinski definition) is 0. The summed E-state index contributed by atoms with van der Waals surface area (Å²) in [7, 11) is 0. The Morgan fingerprint density at radius 3 is 2.65 bits per heavy atom. The van der Waals surface area contributed by atoms with Gasteiger partial charge in [0, 0.05) is 4.47 Å². The van der Waals surface area contributed by atoms with E-state index in [1.807, 2.05) is 6.07 Å². The van der Waals surface area contributed by atoms with E-state index in [0.717, 1.165) is 10.0 Å². The number of halogens is 2. The van der Waals surface area contributed by atoms with Crippen LogP contribution in [-0.2, 0) is 6.54 Å². The zero-order chi connectivity index (χ0) is 14.1. The summed E-state index contributed by atoms with van der Waals surface area (Å²) < 4.78 is 15.2. The lowest BCUT2D eigenvalue weighted by molar-refractivity contribution is 0.626. The number of nitrogens with zero attached hydrogens (tertiary/aromatic N) is 2. The second-order valence-electron chi connectivity index (χ2n) is 4.47. The molecule has 20 heavy (non-hydrogen) atoms. The second-order valence-corrected chi connectivity index (χ2v) is 5.38. The molecule has 0 amide bonds. The van der Waals surface area contributed by atoms with Gasteiger partial charge in [0.05, 0.1) is 23.8 Å². The largest absolute Gasteiger partial charge is 0.294 e. The van der Waals surface area contributed by atoms with Gasteiger partial charge in [-0.1, -0.05) is 28.1 Å². The Morgan fingerprint density at radius 2 is 1.90 bits per heavy atom. The first-order chi connectivity index (χ1) is 9.63. The summed E-state index contributed by atoms with van der Waals surface area (Å²) in [6.45, 7) is 0.370. The Bertz CT molecular complexity index is 827. The lowest BCUT2D eigenvalue weighted by Crippen LogP contribution is -2.21. The Hall–Kier alpha value is -2.01. The molecular weight excluding hydrogens is 323 g/mol. The number of benzene rings is 2. The van der Waals surface area contributed by atoms with Crippen molar-refractivity contribution in [3.63, 3.8) is 0 Å². The summed E-state index contributed by atoms with van der Waals surface area (Å²) in [6.07, 6.45) is 1.52.